The summed E-state index contributed by atoms with van der Waals surface area (Å²) in [5, 5.41) is 3.58. The van der Waals surface area contributed by atoms with Crippen molar-refractivity contribution in [2.24, 2.45) is 0 Å². The molecule has 0 aromatic rings. The number of ether oxygens (including phenoxy) is 2. The first kappa shape index (κ1) is 12.9. The van der Waals surface area contributed by atoms with Crippen LogP contribution in [-0.2, 0) is 9.47 Å². The lowest BCUT2D eigenvalue weighted by Gasteiger charge is -2.11. The molecule has 0 amide bonds. The van der Waals surface area contributed by atoms with Crippen molar-refractivity contribution in [2.75, 3.05) is 33.5 Å². The van der Waals surface area contributed by atoms with E-state index in [1.807, 2.05) is 0 Å². The minimum Gasteiger partial charge on any atom is -0.385 e. The number of methoxy groups -OCH3 is 1. The topological polar surface area (TPSA) is 30.5 Å². The van der Waals surface area contributed by atoms with Gasteiger partial charge in [0.2, 0.25) is 0 Å². The molecule has 1 N–H and O–H groups in total. The minimum absolute atomic E-state index is 0.790. The molecule has 3 nitrogen and oxygen atoms in total. The highest BCUT2D eigenvalue weighted by molar-refractivity contribution is 4.72. The van der Waals surface area contributed by atoms with Gasteiger partial charge in [-0.05, 0) is 32.2 Å². The van der Waals surface area contributed by atoms with Crippen molar-refractivity contribution >= 4 is 0 Å². The zero-order valence-corrected chi connectivity index (χ0v) is 9.96. The van der Waals surface area contributed by atoms with Crippen LogP contribution in [0.5, 0.6) is 0 Å². The minimum atomic E-state index is 0.790. The van der Waals surface area contributed by atoms with Gasteiger partial charge in [0, 0.05) is 33.0 Å². The van der Waals surface area contributed by atoms with Gasteiger partial charge < -0.3 is 14.8 Å². The highest BCUT2D eigenvalue weighted by Gasteiger charge is 2.12. The van der Waals surface area contributed by atoms with E-state index >= 15 is 0 Å². The molecule has 3 heteroatoms. The number of rotatable bonds is 9. The average molecular weight is 215 g/mol. The Balaban J connectivity index is 1.73. The third-order valence-corrected chi connectivity index (χ3v) is 2.89. The van der Waals surface area contributed by atoms with Crippen LogP contribution in [0.1, 0.15) is 38.5 Å². The molecule has 1 fully saturated rings. The summed E-state index contributed by atoms with van der Waals surface area (Å²) in [6, 6.07) is 0.790. The van der Waals surface area contributed by atoms with E-state index in [-0.39, 0.29) is 0 Å². The van der Waals surface area contributed by atoms with Gasteiger partial charge in [0.1, 0.15) is 0 Å². The maximum atomic E-state index is 5.48. The van der Waals surface area contributed by atoms with Crippen LogP contribution in [0.3, 0.4) is 0 Å². The van der Waals surface area contributed by atoms with Gasteiger partial charge >= 0.3 is 0 Å². The van der Waals surface area contributed by atoms with Gasteiger partial charge in [-0.1, -0.05) is 12.8 Å². The second-order valence-electron chi connectivity index (χ2n) is 4.25. The zero-order valence-electron chi connectivity index (χ0n) is 9.96. The van der Waals surface area contributed by atoms with Crippen molar-refractivity contribution in [1.82, 2.24) is 5.32 Å². The molecule has 0 radical (unpaired) electrons. The molecular weight excluding hydrogens is 190 g/mol. The second kappa shape index (κ2) is 9.13. The van der Waals surface area contributed by atoms with Gasteiger partial charge in [0.25, 0.3) is 0 Å². The fourth-order valence-electron chi connectivity index (χ4n) is 2.02. The standard InChI is InChI=1S/C12H25NO2/c1-14-9-5-11-15-10-4-8-13-12-6-2-3-7-12/h12-13H,2-11H2,1H3. The summed E-state index contributed by atoms with van der Waals surface area (Å²) in [6.45, 7) is 3.62. The molecule has 0 heterocycles. The molecule has 1 aliphatic rings. The Morgan fingerprint density at radius 2 is 1.80 bits per heavy atom. The van der Waals surface area contributed by atoms with Crippen LogP contribution in [0.15, 0.2) is 0 Å². The third kappa shape index (κ3) is 6.88. The van der Waals surface area contributed by atoms with Gasteiger partial charge in [-0.3, -0.25) is 0 Å². The van der Waals surface area contributed by atoms with Gasteiger partial charge in [0.05, 0.1) is 0 Å². The predicted octanol–water partition coefficient (Wildman–Crippen LogP) is 1.96. The molecule has 0 aromatic carbocycles. The van der Waals surface area contributed by atoms with Gasteiger partial charge in [-0.15, -0.1) is 0 Å². The van der Waals surface area contributed by atoms with Crippen LogP contribution < -0.4 is 5.32 Å². The molecule has 0 atom stereocenters. The first-order valence-corrected chi connectivity index (χ1v) is 6.23. The fraction of sp³-hybridized carbons (Fsp3) is 1.00. The molecule has 1 saturated carbocycles. The molecule has 0 aliphatic heterocycles. The van der Waals surface area contributed by atoms with Crippen LogP contribution in [0, 0.1) is 0 Å². The maximum Gasteiger partial charge on any atom is 0.0487 e. The number of hydrogen-bond donors (Lipinski definition) is 1. The van der Waals surface area contributed by atoms with E-state index in [0.717, 1.165) is 45.2 Å². The molecule has 1 rings (SSSR count). The Kier molecular flexibility index (Phi) is 7.88. The van der Waals surface area contributed by atoms with Crippen molar-refractivity contribution in [1.29, 1.82) is 0 Å². The lowest BCUT2D eigenvalue weighted by Crippen LogP contribution is -2.27. The summed E-state index contributed by atoms with van der Waals surface area (Å²) in [5.41, 5.74) is 0. The van der Waals surface area contributed by atoms with E-state index in [9.17, 15) is 0 Å². The zero-order chi connectivity index (χ0) is 10.8. The van der Waals surface area contributed by atoms with Crippen molar-refractivity contribution < 1.29 is 9.47 Å². The Morgan fingerprint density at radius 3 is 2.53 bits per heavy atom. The van der Waals surface area contributed by atoms with Gasteiger partial charge in [-0.2, -0.15) is 0 Å². The monoisotopic (exact) mass is 215 g/mol. The van der Waals surface area contributed by atoms with Crippen molar-refractivity contribution in [3.05, 3.63) is 0 Å². The molecule has 0 aromatic heterocycles. The number of hydrogen-bond acceptors (Lipinski definition) is 3. The molecule has 15 heavy (non-hydrogen) atoms. The predicted molar refractivity (Wildman–Crippen MR) is 62.2 cm³/mol. The Bertz CT molecular complexity index is 136. The highest BCUT2D eigenvalue weighted by atomic mass is 16.5. The van der Waals surface area contributed by atoms with Crippen LogP contribution in [0.25, 0.3) is 0 Å². The van der Waals surface area contributed by atoms with Crippen LogP contribution in [-0.4, -0.2) is 39.5 Å². The van der Waals surface area contributed by atoms with Crippen molar-refractivity contribution in [3.63, 3.8) is 0 Å². The second-order valence-corrected chi connectivity index (χ2v) is 4.25. The average Bonchev–Trinajstić information content (AvgIpc) is 2.75. The summed E-state index contributed by atoms with van der Waals surface area (Å²) in [5.74, 6) is 0. The van der Waals surface area contributed by atoms with Gasteiger partial charge in [0.15, 0.2) is 0 Å². The van der Waals surface area contributed by atoms with Crippen LogP contribution >= 0.6 is 0 Å². The van der Waals surface area contributed by atoms with Crippen molar-refractivity contribution in [2.45, 2.75) is 44.6 Å². The van der Waals surface area contributed by atoms with E-state index < -0.39 is 0 Å². The lowest BCUT2D eigenvalue weighted by molar-refractivity contribution is 0.101. The summed E-state index contributed by atoms with van der Waals surface area (Å²) in [6.07, 6.45) is 7.69. The first-order valence-electron chi connectivity index (χ1n) is 6.23. The summed E-state index contributed by atoms with van der Waals surface area (Å²) in [7, 11) is 1.73. The SMILES string of the molecule is COCCCOCCCNC1CCCC1. The molecule has 0 saturated heterocycles. The molecule has 0 spiro atoms. The molecular formula is C12H25NO2. The normalized spacial score (nSPS) is 17.4. The lowest BCUT2D eigenvalue weighted by atomic mass is 10.2. The summed E-state index contributed by atoms with van der Waals surface area (Å²) >= 11 is 0. The molecule has 0 unspecified atom stereocenters. The van der Waals surface area contributed by atoms with Crippen molar-refractivity contribution in [3.8, 4) is 0 Å². The Morgan fingerprint density at radius 1 is 1.07 bits per heavy atom. The number of nitrogens with one attached hydrogen (secondary N) is 1. The van der Waals surface area contributed by atoms with E-state index in [0.29, 0.717) is 0 Å². The molecule has 0 bridgehead atoms. The van der Waals surface area contributed by atoms with Crippen LogP contribution in [0.4, 0.5) is 0 Å². The fourth-order valence-corrected chi connectivity index (χ4v) is 2.02. The van der Waals surface area contributed by atoms with Crippen LogP contribution in [0.2, 0.25) is 0 Å². The summed E-state index contributed by atoms with van der Waals surface area (Å²) < 4.78 is 10.4. The van der Waals surface area contributed by atoms with E-state index in [2.05, 4.69) is 5.32 Å². The summed E-state index contributed by atoms with van der Waals surface area (Å²) in [4.78, 5) is 0. The Labute approximate surface area is 93.5 Å². The maximum absolute atomic E-state index is 5.48. The quantitative estimate of drug-likeness (QED) is 0.596. The first-order chi connectivity index (χ1) is 7.43. The van der Waals surface area contributed by atoms with E-state index in [4.69, 9.17) is 9.47 Å². The highest BCUT2D eigenvalue weighted by Crippen LogP contribution is 2.17. The Hall–Kier alpha value is -0.120. The largest absolute Gasteiger partial charge is 0.385 e. The molecule has 90 valence electrons. The van der Waals surface area contributed by atoms with E-state index in [1.54, 1.807) is 7.11 Å². The third-order valence-electron chi connectivity index (χ3n) is 2.89. The van der Waals surface area contributed by atoms with E-state index in [1.165, 1.54) is 25.7 Å². The molecule has 1 aliphatic carbocycles. The van der Waals surface area contributed by atoms with Gasteiger partial charge in [-0.25, -0.2) is 0 Å². The smallest absolute Gasteiger partial charge is 0.0487 e.